The van der Waals surface area contributed by atoms with Crippen molar-refractivity contribution >= 4 is 11.3 Å². The summed E-state index contributed by atoms with van der Waals surface area (Å²) in [6.07, 6.45) is 0. The third-order valence-electron chi connectivity index (χ3n) is 2.51. The SMILES string of the molecule is CCn1c(-c2cccs2)ccc(CO)c1=O. The number of rotatable bonds is 3. The van der Waals surface area contributed by atoms with Crippen LogP contribution in [-0.2, 0) is 13.2 Å². The molecule has 0 fully saturated rings. The summed E-state index contributed by atoms with van der Waals surface area (Å²) in [5.41, 5.74) is 1.26. The topological polar surface area (TPSA) is 42.2 Å². The number of aromatic nitrogens is 1. The highest BCUT2D eigenvalue weighted by molar-refractivity contribution is 7.13. The van der Waals surface area contributed by atoms with Gasteiger partial charge in [-0.2, -0.15) is 0 Å². The molecule has 2 aromatic rings. The first kappa shape index (κ1) is 11.1. The number of pyridine rings is 1. The van der Waals surface area contributed by atoms with Crippen molar-refractivity contribution in [3.05, 3.63) is 45.6 Å². The maximum absolute atomic E-state index is 12.0. The van der Waals surface area contributed by atoms with E-state index in [0.717, 1.165) is 10.6 Å². The highest BCUT2D eigenvalue weighted by Gasteiger charge is 2.08. The quantitative estimate of drug-likeness (QED) is 0.885. The van der Waals surface area contributed by atoms with E-state index >= 15 is 0 Å². The summed E-state index contributed by atoms with van der Waals surface area (Å²) in [5, 5.41) is 11.0. The fourth-order valence-corrected chi connectivity index (χ4v) is 2.46. The van der Waals surface area contributed by atoms with Crippen LogP contribution in [0.1, 0.15) is 12.5 Å². The minimum absolute atomic E-state index is 0.101. The van der Waals surface area contributed by atoms with Gasteiger partial charge in [-0.3, -0.25) is 4.79 Å². The van der Waals surface area contributed by atoms with E-state index in [0.29, 0.717) is 12.1 Å². The highest BCUT2D eigenvalue weighted by atomic mass is 32.1. The van der Waals surface area contributed by atoms with E-state index in [1.54, 1.807) is 22.0 Å². The van der Waals surface area contributed by atoms with Crippen molar-refractivity contribution < 1.29 is 5.11 Å². The Bertz CT molecular complexity index is 528. The molecular formula is C12H13NO2S. The first-order chi connectivity index (χ1) is 7.77. The summed E-state index contributed by atoms with van der Waals surface area (Å²) >= 11 is 1.61. The Morgan fingerprint density at radius 3 is 2.75 bits per heavy atom. The summed E-state index contributed by atoms with van der Waals surface area (Å²) < 4.78 is 1.69. The summed E-state index contributed by atoms with van der Waals surface area (Å²) in [6.45, 7) is 2.34. The van der Waals surface area contributed by atoms with Crippen molar-refractivity contribution in [3.8, 4) is 10.6 Å². The first-order valence-electron chi connectivity index (χ1n) is 5.15. The normalized spacial score (nSPS) is 10.6. The van der Waals surface area contributed by atoms with E-state index in [9.17, 15) is 4.79 Å². The third-order valence-corrected chi connectivity index (χ3v) is 3.41. The van der Waals surface area contributed by atoms with Crippen LogP contribution >= 0.6 is 11.3 Å². The molecule has 2 aromatic heterocycles. The van der Waals surface area contributed by atoms with Gasteiger partial charge in [-0.1, -0.05) is 6.07 Å². The average molecular weight is 235 g/mol. The van der Waals surface area contributed by atoms with Crippen molar-refractivity contribution in [2.75, 3.05) is 0 Å². The molecule has 3 nitrogen and oxygen atoms in total. The van der Waals surface area contributed by atoms with E-state index in [1.165, 1.54) is 0 Å². The maximum Gasteiger partial charge on any atom is 0.256 e. The molecule has 0 unspecified atom stereocenters. The molecule has 0 radical (unpaired) electrons. The molecule has 1 N–H and O–H groups in total. The average Bonchev–Trinajstić information content (AvgIpc) is 2.82. The van der Waals surface area contributed by atoms with Crippen LogP contribution in [0.15, 0.2) is 34.4 Å². The maximum atomic E-state index is 12.0. The summed E-state index contributed by atoms with van der Waals surface area (Å²) in [7, 11) is 0. The Morgan fingerprint density at radius 1 is 1.38 bits per heavy atom. The van der Waals surface area contributed by atoms with Gasteiger partial charge in [0, 0.05) is 12.1 Å². The van der Waals surface area contributed by atoms with Gasteiger partial charge in [-0.15, -0.1) is 11.3 Å². The third kappa shape index (κ3) is 1.81. The Labute approximate surface area is 97.6 Å². The van der Waals surface area contributed by atoms with Gasteiger partial charge in [0.2, 0.25) is 0 Å². The standard InChI is InChI=1S/C12H13NO2S/c1-2-13-10(11-4-3-7-16-11)6-5-9(8-14)12(13)15/h3-7,14H,2,8H2,1H3. The van der Waals surface area contributed by atoms with Crippen LogP contribution in [0.5, 0.6) is 0 Å². The summed E-state index contributed by atoms with van der Waals surface area (Å²) in [5.74, 6) is 0. The molecule has 0 aliphatic rings. The van der Waals surface area contributed by atoms with Crippen LogP contribution in [-0.4, -0.2) is 9.67 Å². The molecular weight excluding hydrogens is 222 g/mol. The molecule has 0 aliphatic heterocycles. The zero-order valence-corrected chi connectivity index (χ0v) is 9.83. The van der Waals surface area contributed by atoms with Crippen molar-refractivity contribution in [1.82, 2.24) is 4.57 Å². The van der Waals surface area contributed by atoms with Crippen LogP contribution in [0.2, 0.25) is 0 Å². The van der Waals surface area contributed by atoms with Crippen LogP contribution in [0.4, 0.5) is 0 Å². The van der Waals surface area contributed by atoms with E-state index in [-0.39, 0.29) is 12.2 Å². The number of aliphatic hydroxyl groups is 1. The second-order valence-corrected chi connectivity index (χ2v) is 4.38. The molecule has 2 rings (SSSR count). The largest absolute Gasteiger partial charge is 0.391 e. The molecule has 0 saturated heterocycles. The van der Waals surface area contributed by atoms with E-state index in [1.807, 2.05) is 30.5 Å². The molecule has 0 atom stereocenters. The van der Waals surface area contributed by atoms with E-state index < -0.39 is 0 Å². The molecule has 0 spiro atoms. The Hall–Kier alpha value is -1.39. The molecule has 16 heavy (non-hydrogen) atoms. The predicted molar refractivity (Wildman–Crippen MR) is 65.6 cm³/mol. The lowest BCUT2D eigenvalue weighted by Crippen LogP contribution is -2.24. The van der Waals surface area contributed by atoms with Crippen LogP contribution in [0, 0.1) is 0 Å². The van der Waals surface area contributed by atoms with Crippen molar-refractivity contribution in [2.24, 2.45) is 0 Å². The second kappa shape index (κ2) is 4.63. The lowest BCUT2D eigenvalue weighted by Gasteiger charge is -2.10. The fourth-order valence-electron chi connectivity index (χ4n) is 1.70. The molecule has 0 aliphatic carbocycles. The summed E-state index contributed by atoms with van der Waals surface area (Å²) in [4.78, 5) is 13.0. The van der Waals surface area contributed by atoms with Crippen molar-refractivity contribution in [3.63, 3.8) is 0 Å². The van der Waals surface area contributed by atoms with Gasteiger partial charge in [0.25, 0.3) is 5.56 Å². The molecule has 0 amide bonds. The minimum atomic E-state index is -0.205. The monoisotopic (exact) mass is 235 g/mol. The first-order valence-corrected chi connectivity index (χ1v) is 6.03. The predicted octanol–water partition coefficient (Wildman–Crippen LogP) is 2.09. The van der Waals surface area contributed by atoms with Gasteiger partial charge < -0.3 is 9.67 Å². The lowest BCUT2D eigenvalue weighted by atomic mass is 10.2. The zero-order valence-electron chi connectivity index (χ0n) is 9.01. The fraction of sp³-hybridized carbons (Fsp3) is 0.250. The lowest BCUT2D eigenvalue weighted by molar-refractivity contribution is 0.279. The smallest absolute Gasteiger partial charge is 0.256 e. The van der Waals surface area contributed by atoms with Gasteiger partial charge in [-0.25, -0.2) is 0 Å². The number of thiophene rings is 1. The molecule has 4 heteroatoms. The minimum Gasteiger partial charge on any atom is -0.391 e. The van der Waals surface area contributed by atoms with Gasteiger partial charge in [0.05, 0.1) is 17.2 Å². The van der Waals surface area contributed by atoms with Crippen LogP contribution in [0.3, 0.4) is 0 Å². The molecule has 0 bridgehead atoms. The van der Waals surface area contributed by atoms with Crippen molar-refractivity contribution in [2.45, 2.75) is 20.1 Å². The number of nitrogens with zero attached hydrogens (tertiary/aromatic N) is 1. The highest BCUT2D eigenvalue weighted by Crippen LogP contribution is 2.23. The molecule has 2 heterocycles. The number of hydrogen-bond acceptors (Lipinski definition) is 3. The number of aliphatic hydroxyl groups excluding tert-OH is 1. The van der Waals surface area contributed by atoms with Crippen molar-refractivity contribution in [1.29, 1.82) is 0 Å². The van der Waals surface area contributed by atoms with E-state index in [4.69, 9.17) is 5.11 Å². The number of hydrogen-bond donors (Lipinski definition) is 1. The second-order valence-electron chi connectivity index (χ2n) is 3.43. The van der Waals surface area contributed by atoms with Crippen LogP contribution < -0.4 is 5.56 Å². The molecule has 0 saturated carbocycles. The van der Waals surface area contributed by atoms with Gasteiger partial charge in [0.15, 0.2) is 0 Å². The Kier molecular flexibility index (Phi) is 3.22. The van der Waals surface area contributed by atoms with Gasteiger partial charge >= 0.3 is 0 Å². The molecule has 0 aromatic carbocycles. The summed E-state index contributed by atoms with van der Waals surface area (Å²) in [6, 6.07) is 7.54. The van der Waals surface area contributed by atoms with E-state index in [2.05, 4.69) is 0 Å². The molecule has 84 valence electrons. The Balaban J connectivity index is 2.64. The van der Waals surface area contributed by atoms with Gasteiger partial charge in [-0.05, 0) is 30.5 Å². The van der Waals surface area contributed by atoms with Crippen LogP contribution in [0.25, 0.3) is 10.6 Å². The van der Waals surface area contributed by atoms with Gasteiger partial charge in [0.1, 0.15) is 0 Å². The zero-order chi connectivity index (χ0) is 11.5. The Morgan fingerprint density at radius 2 is 2.19 bits per heavy atom.